The molecular formula is C20H18N6O. The van der Waals surface area contributed by atoms with Gasteiger partial charge in [-0.2, -0.15) is 5.10 Å². The van der Waals surface area contributed by atoms with Crippen molar-refractivity contribution in [3.63, 3.8) is 0 Å². The second kappa shape index (κ2) is 6.16. The normalized spacial score (nSPS) is 19.7. The van der Waals surface area contributed by atoms with Crippen LogP contribution in [0.4, 0.5) is 11.4 Å². The Morgan fingerprint density at radius 2 is 2.04 bits per heavy atom. The highest BCUT2D eigenvalue weighted by molar-refractivity contribution is 6.06. The Kier molecular flexibility index (Phi) is 3.64. The molecule has 1 amide bonds. The fraction of sp³-hybridized carbons (Fsp3) is 0.350. The number of amides is 1. The van der Waals surface area contributed by atoms with Crippen LogP contribution in [0.2, 0.25) is 0 Å². The molecule has 0 spiro atoms. The van der Waals surface area contributed by atoms with E-state index in [1.165, 1.54) is 25.6 Å². The van der Waals surface area contributed by atoms with Gasteiger partial charge in [0.25, 0.3) is 0 Å². The molecule has 27 heavy (non-hydrogen) atoms. The Balaban J connectivity index is 1.62. The van der Waals surface area contributed by atoms with E-state index in [2.05, 4.69) is 25.2 Å². The summed E-state index contributed by atoms with van der Waals surface area (Å²) in [6, 6.07) is 5.65. The number of nitrogens with one attached hydrogen (secondary N) is 1. The Hall–Kier alpha value is -3.27. The standard InChI is InChI=1S/C20H18N6O/c1-21-12-7-8-16-14(9-12)17(20(27)24-16)18-15-10-26(13-5-3-2-4-6-13)25-19(15)23-11-22-18/h7-11,13,17H,2-6H2,(H,24,27). The third-order valence-corrected chi connectivity index (χ3v) is 5.58. The molecule has 1 fully saturated rings. The molecule has 7 heteroatoms. The van der Waals surface area contributed by atoms with Crippen LogP contribution in [0.15, 0.2) is 30.7 Å². The number of aromatic nitrogens is 4. The number of fused-ring (bicyclic) bond motifs is 2. The molecule has 0 bridgehead atoms. The van der Waals surface area contributed by atoms with Gasteiger partial charge in [0, 0.05) is 11.9 Å². The number of carbonyl (C=O) groups excluding carboxylic acids is 1. The minimum absolute atomic E-state index is 0.127. The second-order valence-electron chi connectivity index (χ2n) is 7.20. The van der Waals surface area contributed by atoms with Crippen LogP contribution in [0.5, 0.6) is 0 Å². The zero-order valence-corrected chi connectivity index (χ0v) is 14.7. The maximum Gasteiger partial charge on any atom is 0.238 e. The summed E-state index contributed by atoms with van der Waals surface area (Å²) in [4.78, 5) is 25.0. The van der Waals surface area contributed by atoms with Gasteiger partial charge in [0.15, 0.2) is 11.3 Å². The van der Waals surface area contributed by atoms with Crippen LogP contribution < -0.4 is 5.32 Å². The molecule has 1 aliphatic heterocycles. The van der Waals surface area contributed by atoms with Crippen molar-refractivity contribution in [2.24, 2.45) is 0 Å². The predicted molar refractivity (Wildman–Crippen MR) is 101 cm³/mol. The highest BCUT2D eigenvalue weighted by atomic mass is 16.2. The molecular weight excluding hydrogens is 340 g/mol. The lowest BCUT2D eigenvalue weighted by Crippen LogP contribution is -2.15. The molecule has 0 radical (unpaired) electrons. The summed E-state index contributed by atoms with van der Waals surface area (Å²) in [7, 11) is 0. The van der Waals surface area contributed by atoms with Crippen molar-refractivity contribution < 1.29 is 4.79 Å². The first-order valence-corrected chi connectivity index (χ1v) is 9.26. The number of anilines is 1. The first kappa shape index (κ1) is 15.9. The molecule has 1 aliphatic carbocycles. The lowest BCUT2D eigenvalue weighted by Gasteiger charge is -2.21. The van der Waals surface area contributed by atoms with E-state index in [0.29, 0.717) is 23.1 Å². The summed E-state index contributed by atoms with van der Waals surface area (Å²) in [5.41, 5.74) is 3.31. The molecule has 1 atom stereocenters. The highest BCUT2D eigenvalue weighted by Crippen LogP contribution is 2.40. The van der Waals surface area contributed by atoms with Crippen LogP contribution in [-0.2, 0) is 4.79 Å². The van der Waals surface area contributed by atoms with Crippen LogP contribution in [0.3, 0.4) is 0 Å². The molecule has 134 valence electrons. The first-order chi connectivity index (χ1) is 13.2. The van der Waals surface area contributed by atoms with Crippen molar-refractivity contribution in [2.45, 2.75) is 44.1 Å². The van der Waals surface area contributed by atoms with E-state index in [0.717, 1.165) is 29.5 Å². The molecule has 5 rings (SSSR count). The Morgan fingerprint density at radius 1 is 1.19 bits per heavy atom. The van der Waals surface area contributed by atoms with Crippen molar-refractivity contribution in [3.05, 3.63) is 53.4 Å². The fourth-order valence-electron chi connectivity index (χ4n) is 4.23. The van der Waals surface area contributed by atoms with E-state index in [-0.39, 0.29) is 5.91 Å². The summed E-state index contributed by atoms with van der Waals surface area (Å²) in [6.45, 7) is 7.26. The maximum absolute atomic E-state index is 12.7. The smallest absolute Gasteiger partial charge is 0.238 e. The van der Waals surface area contributed by atoms with Gasteiger partial charge in [0.1, 0.15) is 12.2 Å². The van der Waals surface area contributed by atoms with Gasteiger partial charge < -0.3 is 5.32 Å². The van der Waals surface area contributed by atoms with Gasteiger partial charge in [0.2, 0.25) is 5.91 Å². The Bertz CT molecular complexity index is 1090. The van der Waals surface area contributed by atoms with Crippen molar-refractivity contribution in [1.29, 1.82) is 0 Å². The summed E-state index contributed by atoms with van der Waals surface area (Å²) in [5.74, 6) is -0.672. The van der Waals surface area contributed by atoms with Gasteiger partial charge >= 0.3 is 0 Å². The monoisotopic (exact) mass is 358 g/mol. The minimum Gasteiger partial charge on any atom is -0.325 e. The largest absolute Gasteiger partial charge is 0.325 e. The molecule has 2 aliphatic rings. The lowest BCUT2D eigenvalue weighted by atomic mass is 9.94. The van der Waals surface area contributed by atoms with E-state index in [1.54, 1.807) is 18.2 Å². The molecule has 3 aromatic rings. The van der Waals surface area contributed by atoms with Crippen LogP contribution >= 0.6 is 0 Å². The SMILES string of the molecule is [C-]#[N+]c1ccc2c(c1)C(c1ncnc3nn(C4CCCCC4)cc13)C(=O)N2. The van der Waals surface area contributed by atoms with Crippen molar-refractivity contribution in [1.82, 2.24) is 19.7 Å². The van der Waals surface area contributed by atoms with Crippen molar-refractivity contribution in [3.8, 4) is 0 Å². The van der Waals surface area contributed by atoms with Gasteiger partial charge in [-0.3, -0.25) is 9.48 Å². The average Bonchev–Trinajstić information content (AvgIpc) is 3.28. The summed E-state index contributed by atoms with van der Waals surface area (Å²) in [5, 5.41) is 8.38. The Labute approximate surface area is 156 Å². The van der Waals surface area contributed by atoms with Crippen LogP contribution in [0.25, 0.3) is 15.9 Å². The van der Waals surface area contributed by atoms with E-state index in [1.807, 2.05) is 10.9 Å². The van der Waals surface area contributed by atoms with Crippen LogP contribution in [0, 0.1) is 6.57 Å². The number of benzene rings is 1. The first-order valence-electron chi connectivity index (χ1n) is 9.26. The molecule has 1 N–H and O–H groups in total. The predicted octanol–water partition coefficient (Wildman–Crippen LogP) is 3.97. The molecule has 1 saturated carbocycles. The Morgan fingerprint density at radius 3 is 2.85 bits per heavy atom. The van der Waals surface area contributed by atoms with Gasteiger partial charge in [-0.15, -0.1) is 0 Å². The van der Waals surface area contributed by atoms with E-state index in [9.17, 15) is 4.79 Å². The summed E-state index contributed by atoms with van der Waals surface area (Å²) in [6.07, 6.45) is 9.43. The zero-order valence-electron chi connectivity index (χ0n) is 14.7. The third-order valence-electron chi connectivity index (χ3n) is 5.58. The van der Waals surface area contributed by atoms with Gasteiger partial charge in [-0.25, -0.2) is 14.8 Å². The zero-order chi connectivity index (χ0) is 18.4. The second-order valence-corrected chi connectivity index (χ2v) is 7.20. The quantitative estimate of drug-likeness (QED) is 0.703. The molecule has 1 aromatic carbocycles. The third kappa shape index (κ3) is 2.56. The minimum atomic E-state index is -0.545. The number of rotatable bonds is 2. The number of hydrogen-bond acceptors (Lipinski definition) is 4. The van der Waals surface area contributed by atoms with Crippen LogP contribution in [-0.4, -0.2) is 25.7 Å². The molecule has 7 nitrogen and oxygen atoms in total. The average molecular weight is 358 g/mol. The molecule has 2 aromatic heterocycles. The molecule has 0 saturated heterocycles. The number of nitrogens with zero attached hydrogens (tertiary/aromatic N) is 5. The fourth-order valence-corrected chi connectivity index (χ4v) is 4.23. The molecule has 3 heterocycles. The highest BCUT2D eigenvalue weighted by Gasteiger charge is 2.35. The van der Waals surface area contributed by atoms with E-state index < -0.39 is 5.92 Å². The topological polar surface area (TPSA) is 77.1 Å². The lowest BCUT2D eigenvalue weighted by molar-refractivity contribution is -0.116. The van der Waals surface area contributed by atoms with Gasteiger partial charge in [0.05, 0.1) is 23.7 Å². The van der Waals surface area contributed by atoms with Crippen molar-refractivity contribution in [2.75, 3.05) is 5.32 Å². The van der Waals surface area contributed by atoms with E-state index >= 15 is 0 Å². The molecule has 1 unspecified atom stereocenters. The summed E-state index contributed by atoms with van der Waals surface area (Å²) >= 11 is 0. The van der Waals surface area contributed by atoms with E-state index in [4.69, 9.17) is 6.57 Å². The van der Waals surface area contributed by atoms with Crippen molar-refractivity contribution >= 4 is 28.3 Å². The number of carbonyl (C=O) groups is 1. The van der Waals surface area contributed by atoms with Gasteiger partial charge in [-0.1, -0.05) is 31.4 Å². The summed E-state index contributed by atoms with van der Waals surface area (Å²) < 4.78 is 2.01. The van der Waals surface area contributed by atoms with Crippen LogP contribution in [0.1, 0.15) is 55.3 Å². The maximum atomic E-state index is 12.7. The van der Waals surface area contributed by atoms with Gasteiger partial charge in [-0.05, 0) is 24.5 Å². The number of hydrogen-bond donors (Lipinski definition) is 1.